The summed E-state index contributed by atoms with van der Waals surface area (Å²) in [4.78, 5) is 15.7. The Kier molecular flexibility index (Phi) is 3.74. The lowest BCUT2D eigenvalue weighted by Gasteiger charge is -2.11. The number of hydrogen-bond donors (Lipinski definition) is 2. The molecule has 2 rings (SSSR count). The standard InChI is InChI=1S/C12H16N6O/c1-8-7-10(11(13)19)12(16-9(8)2)14-3-5-18-6-4-15-17-18/h4,6-7H,3,5H2,1-2H3,(H2,13,19)(H,14,16). The average molecular weight is 260 g/mol. The van der Waals surface area contributed by atoms with Crippen LogP contribution in [0.4, 0.5) is 5.82 Å². The topological polar surface area (TPSA) is 98.7 Å². The summed E-state index contributed by atoms with van der Waals surface area (Å²) in [6.45, 7) is 5.00. The Bertz CT molecular complexity index is 578. The number of amides is 1. The zero-order valence-electron chi connectivity index (χ0n) is 10.9. The van der Waals surface area contributed by atoms with Crippen LogP contribution < -0.4 is 11.1 Å². The first-order chi connectivity index (χ1) is 9.08. The van der Waals surface area contributed by atoms with Crippen LogP contribution in [-0.4, -0.2) is 32.4 Å². The van der Waals surface area contributed by atoms with Crippen LogP contribution in [0.1, 0.15) is 21.6 Å². The van der Waals surface area contributed by atoms with Crippen molar-refractivity contribution in [3.8, 4) is 0 Å². The molecule has 2 heterocycles. The number of rotatable bonds is 5. The fourth-order valence-corrected chi connectivity index (χ4v) is 1.67. The Hall–Kier alpha value is -2.44. The fourth-order valence-electron chi connectivity index (χ4n) is 1.67. The van der Waals surface area contributed by atoms with Crippen molar-refractivity contribution in [3.63, 3.8) is 0 Å². The number of nitrogens with two attached hydrogens (primary N) is 1. The van der Waals surface area contributed by atoms with Crippen LogP contribution in [0.5, 0.6) is 0 Å². The monoisotopic (exact) mass is 260 g/mol. The van der Waals surface area contributed by atoms with E-state index in [1.807, 2.05) is 13.8 Å². The number of aryl methyl sites for hydroxylation is 2. The van der Waals surface area contributed by atoms with Crippen molar-refractivity contribution >= 4 is 11.7 Å². The Morgan fingerprint density at radius 1 is 1.47 bits per heavy atom. The lowest BCUT2D eigenvalue weighted by Crippen LogP contribution is -2.19. The van der Waals surface area contributed by atoms with E-state index in [-0.39, 0.29) is 0 Å². The molecule has 1 amide bonds. The molecule has 0 aliphatic rings. The third kappa shape index (κ3) is 3.06. The van der Waals surface area contributed by atoms with Crippen LogP contribution in [0.25, 0.3) is 0 Å². The van der Waals surface area contributed by atoms with E-state index in [0.717, 1.165) is 11.3 Å². The molecule has 7 heteroatoms. The SMILES string of the molecule is Cc1cc(C(N)=O)c(NCCn2ccnn2)nc1C. The fraction of sp³-hybridized carbons (Fsp3) is 0.333. The predicted octanol–water partition coefficient (Wildman–Crippen LogP) is 0.501. The Morgan fingerprint density at radius 2 is 2.26 bits per heavy atom. The van der Waals surface area contributed by atoms with Crippen LogP contribution in [-0.2, 0) is 6.54 Å². The van der Waals surface area contributed by atoms with Crippen molar-refractivity contribution in [2.75, 3.05) is 11.9 Å². The molecular formula is C12H16N6O. The summed E-state index contributed by atoms with van der Waals surface area (Å²) in [5.74, 6) is 0.0228. The third-order valence-corrected chi connectivity index (χ3v) is 2.84. The highest BCUT2D eigenvalue weighted by atomic mass is 16.1. The molecule has 2 aromatic heterocycles. The number of primary amides is 1. The minimum absolute atomic E-state index is 0.404. The summed E-state index contributed by atoms with van der Waals surface area (Å²) in [6, 6.07) is 1.75. The van der Waals surface area contributed by atoms with E-state index in [0.29, 0.717) is 24.5 Å². The molecular weight excluding hydrogens is 244 g/mol. The molecule has 19 heavy (non-hydrogen) atoms. The van der Waals surface area contributed by atoms with Gasteiger partial charge in [0.2, 0.25) is 0 Å². The van der Waals surface area contributed by atoms with Crippen LogP contribution in [0, 0.1) is 13.8 Å². The van der Waals surface area contributed by atoms with Gasteiger partial charge in [0, 0.05) is 18.4 Å². The first-order valence-corrected chi connectivity index (χ1v) is 5.94. The van der Waals surface area contributed by atoms with E-state index in [2.05, 4.69) is 20.6 Å². The van der Waals surface area contributed by atoms with E-state index in [4.69, 9.17) is 5.73 Å². The highest BCUT2D eigenvalue weighted by Gasteiger charge is 2.11. The van der Waals surface area contributed by atoms with Gasteiger partial charge in [0.05, 0.1) is 18.3 Å². The van der Waals surface area contributed by atoms with Crippen LogP contribution in [0.2, 0.25) is 0 Å². The highest BCUT2D eigenvalue weighted by Crippen LogP contribution is 2.16. The maximum absolute atomic E-state index is 11.4. The minimum Gasteiger partial charge on any atom is -0.368 e. The van der Waals surface area contributed by atoms with Gasteiger partial charge in [-0.15, -0.1) is 5.10 Å². The largest absolute Gasteiger partial charge is 0.368 e. The van der Waals surface area contributed by atoms with Crippen LogP contribution >= 0.6 is 0 Å². The van der Waals surface area contributed by atoms with Gasteiger partial charge in [-0.1, -0.05) is 5.21 Å². The van der Waals surface area contributed by atoms with Crippen molar-refractivity contribution in [3.05, 3.63) is 35.3 Å². The zero-order chi connectivity index (χ0) is 13.8. The van der Waals surface area contributed by atoms with Crippen LogP contribution in [0.3, 0.4) is 0 Å². The molecule has 0 radical (unpaired) electrons. The van der Waals surface area contributed by atoms with Gasteiger partial charge in [0.25, 0.3) is 5.91 Å². The molecule has 100 valence electrons. The Labute approximate surface area is 110 Å². The van der Waals surface area contributed by atoms with Gasteiger partial charge in [-0.05, 0) is 25.5 Å². The molecule has 0 atom stereocenters. The van der Waals surface area contributed by atoms with Gasteiger partial charge >= 0.3 is 0 Å². The van der Waals surface area contributed by atoms with Crippen molar-refractivity contribution in [2.45, 2.75) is 20.4 Å². The summed E-state index contributed by atoms with van der Waals surface area (Å²) in [5, 5.41) is 10.7. The Balaban J connectivity index is 2.10. The maximum Gasteiger partial charge on any atom is 0.252 e. The van der Waals surface area contributed by atoms with Gasteiger partial charge in [-0.25, -0.2) is 4.98 Å². The molecule has 0 saturated heterocycles. The van der Waals surface area contributed by atoms with Crippen molar-refractivity contribution in [2.24, 2.45) is 5.73 Å². The molecule has 0 aliphatic carbocycles. The molecule has 7 nitrogen and oxygen atoms in total. The number of hydrogen-bond acceptors (Lipinski definition) is 5. The van der Waals surface area contributed by atoms with E-state index in [1.54, 1.807) is 23.1 Å². The van der Waals surface area contributed by atoms with E-state index in [9.17, 15) is 4.79 Å². The van der Waals surface area contributed by atoms with E-state index in [1.165, 1.54) is 0 Å². The average Bonchev–Trinajstić information content (AvgIpc) is 2.86. The maximum atomic E-state index is 11.4. The number of anilines is 1. The number of pyridine rings is 1. The van der Waals surface area contributed by atoms with E-state index >= 15 is 0 Å². The number of nitrogens with one attached hydrogen (secondary N) is 1. The molecule has 3 N–H and O–H groups in total. The highest BCUT2D eigenvalue weighted by molar-refractivity contribution is 5.97. The second-order valence-corrected chi connectivity index (χ2v) is 4.24. The molecule has 0 spiro atoms. The summed E-state index contributed by atoms with van der Waals surface area (Å²) in [6.07, 6.45) is 3.38. The van der Waals surface area contributed by atoms with Crippen molar-refractivity contribution in [1.82, 2.24) is 20.0 Å². The quantitative estimate of drug-likeness (QED) is 0.815. The van der Waals surface area contributed by atoms with Gasteiger partial charge < -0.3 is 11.1 Å². The first-order valence-electron chi connectivity index (χ1n) is 5.94. The number of nitrogens with zero attached hydrogens (tertiary/aromatic N) is 4. The Morgan fingerprint density at radius 3 is 2.89 bits per heavy atom. The number of carbonyl (C=O) groups is 1. The van der Waals surface area contributed by atoms with Crippen LogP contribution in [0.15, 0.2) is 18.5 Å². The summed E-state index contributed by atoms with van der Waals surface area (Å²) in [7, 11) is 0. The molecule has 0 unspecified atom stereocenters. The molecule has 2 aromatic rings. The lowest BCUT2D eigenvalue weighted by molar-refractivity contribution is 0.100. The number of aromatic nitrogens is 4. The molecule has 0 fully saturated rings. The van der Waals surface area contributed by atoms with Crippen molar-refractivity contribution < 1.29 is 4.79 Å². The smallest absolute Gasteiger partial charge is 0.252 e. The van der Waals surface area contributed by atoms with Gasteiger partial charge in [0.1, 0.15) is 5.82 Å². The molecule has 0 saturated carbocycles. The minimum atomic E-state index is -0.487. The second kappa shape index (κ2) is 5.47. The van der Waals surface area contributed by atoms with Crippen molar-refractivity contribution in [1.29, 1.82) is 0 Å². The zero-order valence-corrected chi connectivity index (χ0v) is 10.9. The van der Waals surface area contributed by atoms with Gasteiger partial charge in [0.15, 0.2) is 0 Å². The predicted molar refractivity (Wildman–Crippen MR) is 70.7 cm³/mol. The number of carbonyl (C=O) groups excluding carboxylic acids is 1. The first kappa shape index (κ1) is 13.0. The normalized spacial score (nSPS) is 10.4. The second-order valence-electron chi connectivity index (χ2n) is 4.24. The molecule has 0 aliphatic heterocycles. The summed E-state index contributed by atoms with van der Waals surface area (Å²) in [5.41, 5.74) is 7.57. The summed E-state index contributed by atoms with van der Waals surface area (Å²) >= 11 is 0. The molecule has 0 bridgehead atoms. The summed E-state index contributed by atoms with van der Waals surface area (Å²) < 4.78 is 1.69. The van der Waals surface area contributed by atoms with Gasteiger partial charge in [-0.3, -0.25) is 9.48 Å². The van der Waals surface area contributed by atoms with Gasteiger partial charge in [-0.2, -0.15) is 0 Å². The van der Waals surface area contributed by atoms with E-state index < -0.39 is 5.91 Å². The third-order valence-electron chi connectivity index (χ3n) is 2.84. The lowest BCUT2D eigenvalue weighted by atomic mass is 10.1. The molecule has 0 aromatic carbocycles.